The second-order valence-corrected chi connectivity index (χ2v) is 5.11. The maximum Gasteiger partial charge on any atom is 0.309 e. The zero-order valence-corrected chi connectivity index (χ0v) is 10.1. The Balaban J connectivity index is 2.25. The molecule has 92 valence electrons. The van der Waals surface area contributed by atoms with Gasteiger partial charge in [0.2, 0.25) is 0 Å². The third-order valence-corrected chi connectivity index (χ3v) is 3.57. The number of anilines is 1. The Kier molecular flexibility index (Phi) is 2.73. The second-order valence-electron chi connectivity index (χ2n) is 5.11. The van der Waals surface area contributed by atoms with Gasteiger partial charge in [-0.3, -0.25) is 4.79 Å². The molecule has 4 nitrogen and oxygen atoms in total. The van der Waals surface area contributed by atoms with E-state index in [2.05, 4.69) is 0 Å². The van der Waals surface area contributed by atoms with E-state index in [-0.39, 0.29) is 5.92 Å². The summed E-state index contributed by atoms with van der Waals surface area (Å²) in [5, 5.41) is 9.21. The average molecular weight is 235 g/mol. The first-order valence-electron chi connectivity index (χ1n) is 5.66. The molecule has 0 bridgehead atoms. The van der Waals surface area contributed by atoms with E-state index in [1.165, 1.54) is 0 Å². The van der Waals surface area contributed by atoms with Crippen LogP contribution in [-0.4, -0.2) is 17.7 Å². The Labute approximate surface area is 100 Å². The molecule has 0 saturated carbocycles. The van der Waals surface area contributed by atoms with Crippen molar-refractivity contribution >= 4 is 11.7 Å². The van der Waals surface area contributed by atoms with Crippen LogP contribution in [0, 0.1) is 11.3 Å². The Bertz CT molecular complexity index is 454. The number of aliphatic carboxylic acids is 1. The van der Waals surface area contributed by atoms with Gasteiger partial charge in [0.1, 0.15) is 5.75 Å². The number of carboxylic acid groups (broad SMARTS) is 1. The van der Waals surface area contributed by atoms with Crippen molar-refractivity contribution in [2.45, 2.75) is 20.3 Å². The van der Waals surface area contributed by atoms with Gasteiger partial charge in [-0.2, -0.15) is 0 Å². The van der Waals surface area contributed by atoms with Crippen LogP contribution in [0.4, 0.5) is 5.69 Å². The number of fused-ring (bicyclic) bond motifs is 1. The number of carbonyl (C=O) groups is 1. The molecule has 0 aliphatic carbocycles. The number of nitrogen functional groups attached to an aromatic ring is 1. The lowest BCUT2D eigenvalue weighted by Crippen LogP contribution is -2.39. The number of ether oxygens (including phenoxy) is 1. The first-order chi connectivity index (χ1) is 7.91. The van der Waals surface area contributed by atoms with Crippen molar-refractivity contribution in [2.24, 2.45) is 11.3 Å². The average Bonchev–Trinajstić information content (AvgIpc) is 2.28. The molecular weight excluding hydrogens is 218 g/mol. The van der Waals surface area contributed by atoms with Crippen LogP contribution in [0.2, 0.25) is 0 Å². The van der Waals surface area contributed by atoms with Crippen molar-refractivity contribution < 1.29 is 14.6 Å². The molecule has 1 heterocycles. The predicted molar refractivity (Wildman–Crippen MR) is 65.0 cm³/mol. The van der Waals surface area contributed by atoms with E-state index in [1.54, 1.807) is 19.9 Å². The Morgan fingerprint density at radius 1 is 1.53 bits per heavy atom. The molecule has 1 atom stereocenters. The molecule has 0 radical (unpaired) electrons. The van der Waals surface area contributed by atoms with E-state index in [0.29, 0.717) is 12.3 Å². The van der Waals surface area contributed by atoms with E-state index in [0.717, 1.165) is 17.7 Å². The SMILES string of the molecule is CC(C)(C(=O)O)C1COc2cc(N)ccc2C1. The molecule has 1 aromatic rings. The summed E-state index contributed by atoms with van der Waals surface area (Å²) >= 11 is 0. The molecule has 2 rings (SSSR count). The summed E-state index contributed by atoms with van der Waals surface area (Å²) in [5.74, 6) is -0.0245. The summed E-state index contributed by atoms with van der Waals surface area (Å²) in [5.41, 5.74) is 6.60. The number of benzene rings is 1. The highest BCUT2D eigenvalue weighted by molar-refractivity contribution is 5.74. The monoisotopic (exact) mass is 235 g/mol. The molecule has 3 N–H and O–H groups in total. The molecule has 1 aliphatic heterocycles. The van der Waals surface area contributed by atoms with Crippen LogP contribution in [0.25, 0.3) is 0 Å². The van der Waals surface area contributed by atoms with E-state index < -0.39 is 11.4 Å². The van der Waals surface area contributed by atoms with Gasteiger partial charge < -0.3 is 15.6 Å². The van der Waals surface area contributed by atoms with Crippen molar-refractivity contribution in [2.75, 3.05) is 12.3 Å². The fourth-order valence-corrected chi connectivity index (χ4v) is 2.03. The molecule has 1 aromatic carbocycles. The lowest BCUT2D eigenvalue weighted by molar-refractivity contribution is -0.151. The van der Waals surface area contributed by atoms with Crippen molar-refractivity contribution in [3.63, 3.8) is 0 Å². The second kappa shape index (κ2) is 3.95. The van der Waals surface area contributed by atoms with Gasteiger partial charge in [0.25, 0.3) is 0 Å². The van der Waals surface area contributed by atoms with Gasteiger partial charge in [-0.1, -0.05) is 6.07 Å². The van der Waals surface area contributed by atoms with Gasteiger partial charge >= 0.3 is 5.97 Å². The van der Waals surface area contributed by atoms with Gasteiger partial charge in [0, 0.05) is 17.7 Å². The minimum absolute atomic E-state index is 0.0175. The fraction of sp³-hybridized carbons (Fsp3) is 0.462. The third kappa shape index (κ3) is 2.07. The summed E-state index contributed by atoms with van der Waals surface area (Å²) in [4.78, 5) is 11.2. The Morgan fingerprint density at radius 2 is 2.24 bits per heavy atom. The van der Waals surface area contributed by atoms with Crippen molar-refractivity contribution in [1.82, 2.24) is 0 Å². The minimum atomic E-state index is -0.787. The highest BCUT2D eigenvalue weighted by atomic mass is 16.5. The Morgan fingerprint density at radius 3 is 2.88 bits per heavy atom. The number of hydrogen-bond donors (Lipinski definition) is 2. The summed E-state index contributed by atoms with van der Waals surface area (Å²) in [6, 6.07) is 5.52. The largest absolute Gasteiger partial charge is 0.493 e. The minimum Gasteiger partial charge on any atom is -0.493 e. The van der Waals surface area contributed by atoms with Gasteiger partial charge in [-0.25, -0.2) is 0 Å². The quantitative estimate of drug-likeness (QED) is 0.768. The molecule has 0 aromatic heterocycles. The van der Waals surface area contributed by atoms with Crippen molar-refractivity contribution in [1.29, 1.82) is 0 Å². The maximum atomic E-state index is 11.2. The number of nitrogens with two attached hydrogens (primary N) is 1. The van der Waals surface area contributed by atoms with Gasteiger partial charge in [-0.05, 0) is 31.9 Å². The molecular formula is C13H17NO3. The molecule has 0 spiro atoms. The van der Waals surface area contributed by atoms with Crippen LogP contribution in [0.3, 0.4) is 0 Å². The molecule has 1 aliphatic rings. The number of hydrogen-bond acceptors (Lipinski definition) is 3. The van der Waals surface area contributed by atoms with Crippen LogP contribution in [0.15, 0.2) is 18.2 Å². The zero-order chi connectivity index (χ0) is 12.6. The topological polar surface area (TPSA) is 72.5 Å². The standard InChI is InChI=1S/C13H17NO3/c1-13(2,12(15)16)9-5-8-3-4-10(14)6-11(8)17-7-9/h3-4,6,9H,5,7,14H2,1-2H3,(H,15,16). The predicted octanol–water partition coefficient (Wildman–Crippen LogP) is 1.93. The van der Waals surface area contributed by atoms with Crippen LogP contribution in [0.1, 0.15) is 19.4 Å². The van der Waals surface area contributed by atoms with Gasteiger partial charge in [0.05, 0.1) is 12.0 Å². The first-order valence-corrected chi connectivity index (χ1v) is 5.66. The van der Waals surface area contributed by atoms with Crippen LogP contribution in [-0.2, 0) is 11.2 Å². The summed E-state index contributed by atoms with van der Waals surface area (Å²) < 4.78 is 5.61. The van der Waals surface area contributed by atoms with Gasteiger partial charge in [0.15, 0.2) is 0 Å². The summed E-state index contributed by atoms with van der Waals surface area (Å²) in [6.45, 7) is 3.91. The van der Waals surface area contributed by atoms with Crippen LogP contribution in [0.5, 0.6) is 5.75 Å². The van der Waals surface area contributed by atoms with Crippen molar-refractivity contribution in [3.05, 3.63) is 23.8 Å². The number of carboxylic acids is 1. The number of rotatable bonds is 2. The fourth-order valence-electron chi connectivity index (χ4n) is 2.03. The van der Waals surface area contributed by atoms with E-state index in [4.69, 9.17) is 10.5 Å². The zero-order valence-electron chi connectivity index (χ0n) is 10.1. The lowest BCUT2D eigenvalue weighted by atomic mass is 9.75. The molecule has 0 amide bonds. The first kappa shape index (κ1) is 11.8. The highest BCUT2D eigenvalue weighted by Gasteiger charge is 2.39. The normalized spacial score (nSPS) is 19.3. The smallest absolute Gasteiger partial charge is 0.309 e. The lowest BCUT2D eigenvalue weighted by Gasteiger charge is -2.34. The Hall–Kier alpha value is -1.71. The van der Waals surface area contributed by atoms with E-state index in [1.807, 2.05) is 12.1 Å². The highest BCUT2D eigenvalue weighted by Crippen LogP contribution is 2.37. The van der Waals surface area contributed by atoms with E-state index in [9.17, 15) is 9.90 Å². The van der Waals surface area contributed by atoms with Gasteiger partial charge in [-0.15, -0.1) is 0 Å². The molecule has 0 fully saturated rings. The molecule has 0 saturated heterocycles. The third-order valence-electron chi connectivity index (χ3n) is 3.57. The van der Waals surface area contributed by atoms with Crippen LogP contribution >= 0.6 is 0 Å². The van der Waals surface area contributed by atoms with E-state index >= 15 is 0 Å². The molecule has 1 unspecified atom stereocenters. The molecule has 4 heteroatoms. The summed E-state index contributed by atoms with van der Waals surface area (Å²) in [7, 11) is 0. The maximum absolute atomic E-state index is 11.2. The van der Waals surface area contributed by atoms with Crippen LogP contribution < -0.4 is 10.5 Å². The summed E-state index contributed by atoms with van der Waals surface area (Å²) in [6.07, 6.45) is 0.717. The van der Waals surface area contributed by atoms with Crippen molar-refractivity contribution in [3.8, 4) is 5.75 Å². The molecule has 17 heavy (non-hydrogen) atoms.